The first kappa shape index (κ1) is 51.7. The van der Waals surface area contributed by atoms with E-state index in [0.717, 1.165) is 46.6 Å². The van der Waals surface area contributed by atoms with Crippen LogP contribution in [0, 0.1) is 6.57 Å². The summed E-state index contributed by atoms with van der Waals surface area (Å²) in [6.45, 7) is 37.3. The summed E-state index contributed by atoms with van der Waals surface area (Å²) in [5.41, 5.74) is 6.73. The summed E-state index contributed by atoms with van der Waals surface area (Å²) in [5, 5.41) is 0. The Labute approximate surface area is 377 Å². The third-order valence-corrected chi connectivity index (χ3v) is 24.4. The van der Waals surface area contributed by atoms with Gasteiger partial charge in [-0.1, -0.05) is 181 Å². The van der Waals surface area contributed by atoms with E-state index in [2.05, 4.69) is 94.9 Å². The summed E-state index contributed by atoms with van der Waals surface area (Å²) in [7, 11) is -4.03. The zero-order chi connectivity index (χ0) is 46.0. The van der Waals surface area contributed by atoms with E-state index in [1.54, 1.807) is 0 Å². The Balaban J connectivity index is 0.000000330. The number of nitrogens with zero attached hydrogens (tertiary/aromatic N) is 1. The van der Waals surface area contributed by atoms with Crippen LogP contribution in [0.1, 0.15) is 137 Å². The zero-order valence-corrected chi connectivity index (χ0v) is 41.9. The average molecular weight is 878 g/mol. The molecule has 0 spiro atoms. The fourth-order valence-electron chi connectivity index (χ4n) is 9.43. The molecular formula is C53H75NO6Si2. The normalized spacial score (nSPS) is 12.8. The quantitative estimate of drug-likeness (QED) is 0.0471. The molecule has 0 aliphatic carbocycles. The van der Waals surface area contributed by atoms with E-state index >= 15 is 0 Å². The summed E-state index contributed by atoms with van der Waals surface area (Å²) >= 11 is 0. The van der Waals surface area contributed by atoms with E-state index in [4.69, 9.17) is 24.9 Å². The number of rotatable bonds is 21. The van der Waals surface area contributed by atoms with E-state index < -0.39 is 22.6 Å². The van der Waals surface area contributed by atoms with Gasteiger partial charge in [0.25, 0.3) is 16.6 Å². The van der Waals surface area contributed by atoms with Gasteiger partial charge in [-0.2, -0.15) is 0 Å². The minimum atomic E-state index is -2.04. The molecule has 0 saturated heterocycles. The standard InChI is InChI=1S/C27H40O3Si.C26H35NO3Si/c1-8-12-26(27(28)29-19-23-13-10-9-11-14-23)24-15-17-25(18-16-24)30-31(20(2)3,21(4)5)22(6)7;1-19(2)31(20(3)4,21(5)6)30-24-15-13-23(14-16-24)25(17-27-7)26(28)29-18-22-11-9-8-10-12-22/h9-11,13-18,20-22,26H,8,12,19H2,1-7H3;8-16,19-21,25H,17-18H2,1-6H3. The van der Waals surface area contributed by atoms with Crippen LogP contribution in [0.5, 0.6) is 11.5 Å². The Bertz CT molecular complexity index is 1910. The lowest BCUT2D eigenvalue weighted by Gasteiger charge is -2.42. The van der Waals surface area contributed by atoms with Crippen LogP contribution in [-0.4, -0.2) is 35.1 Å². The molecule has 4 aromatic carbocycles. The maximum absolute atomic E-state index is 12.8. The number of hydrogen-bond acceptors (Lipinski definition) is 6. The Morgan fingerprint density at radius 1 is 0.500 bits per heavy atom. The van der Waals surface area contributed by atoms with Crippen LogP contribution in [0.3, 0.4) is 0 Å². The summed E-state index contributed by atoms with van der Waals surface area (Å²) in [6, 6.07) is 35.2. The minimum Gasteiger partial charge on any atom is -0.543 e. The molecule has 2 atom stereocenters. The maximum atomic E-state index is 12.8. The lowest BCUT2D eigenvalue weighted by atomic mass is 9.94. The molecule has 0 aliphatic rings. The van der Waals surface area contributed by atoms with Crippen molar-refractivity contribution in [1.29, 1.82) is 0 Å². The topological polar surface area (TPSA) is 75.4 Å². The third kappa shape index (κ3) is 13.7. The molecule has 0 saturated carbocycles. The largest absolute Gasteiger partial charge is 0.543 e. The number of esters is 2. The van der Waals surface area contributed by atoms with Crippen LogP contribution >= 0.6 is 0 Å². The Kier molecular flexibility index (Phi) is 20.7. The van der Waals surface area contributed by atoms with Crippen LogP contribution < -0.4 is 8.85 Å². The molecule has 7 nitrogen and oxygen atoms in total. The van der Waals surface area contributed by atoms with Gasteiger partial charge in [-0.25, -0.2) is 6.57 Å². The molecule has 9 heteroatoms. The average Bonchev–Trinajstić information content (AvgIpc) is 3.24. The second kappa shape index (κ2) is 24.8. The van der Waals surface area contributed by atoms with Crippen molar-refractivity contribution in [2.45, 2.75) is 161 Å². The molecule has 0 aromatic heterocycles. The van der Waals surface area contributed by atoms with Gasteiger partial charge in [0.15, 0.2) is 5.92 Å². The summed E-state index contributed by atoms with van der Waals surface area (Å²) in [4.78, 5) is 29.0. The summed E-state index contributed by atoms with van der Waals surface area (Å²) < 4.78 is 24.6. The first-order valence-electron chi connectivity index (χ1n) is 22.8. The van der Waals surface area contributed by atoms with Crippen molar-refractivity contribution >= 4 is 28.6 Å². The van der Waals surface area contributed by atoms with Gasteiger partial charge in [0.1, 0.15) is 24.7 Å². The van der Waals surface area contributed by atoms with Crippen LogP contribution in [-0.2, 0) is 32.3 Å². The molecule has 4 rings (SSSR count). The lowest BCUT2D eigenvalue weighted by molar-refractivity contribution is -0.147. The highest BCUT2D eigenvalue weighted by molar-refractivity contribution is 6.78. The van der Waals surface area contributed by atoms with E-state index in [9.17, 15) is 9.59 Å². The Morgan fingerprint density at radius 3 is 1.13 bits per heavy atom. The van der Waals surface area contributed by atoms with Gasteiger partial charge in [0.2, 0.25) is 6.54 Å². The van der Waals surface area contributed by atoms with Gasteiger partial charge < -0.3 is 23.2 Å². The molecule has 0 aliphatic heterocycles. The zero-order valence-electron chi connectivity index (χ0n) is 39.9. The van der Waals surface area contributed by atoms with Crippen molar-refractivity contribution < 1.29 is 27.9 Å². The predicted octanol–water partition coefficient (Wildman–Crippen LogP) is 14.9. The summed E-state index contributed by atoms with van der Waals surface area (Å²) in [6.07, 6.45) is 1.70. The van der Waals surface area contributed by atoms with Crippen molar-refractivity contribution in [2.24, 2.45) is 0 Å². The number of benzene rings is 4. The fraction of sp³-hybridized carbons (Fsp3) is 0.491. The molecule has 0 fully saturated rings. The van der Waals surface area contributed by atoms with Crippen LogP contribution in [0.4, 0.5) is 0 Å². The fourth-order valence-corrected chi connectivity index (χ4v) is 19.9. The van der Waals surface area contributed by atoms with E-state index in [1.165, 1.54) is 0 Å². The maximum Gasteiger partial charge on any atom is 0.321 e. The number of carbonyl (C=O) groups excluding carboxylic acids is 2. The number of hydrogen-bond donors (Lipinski definition) is 0. The second-order valence-electron chi connectivity index (χ2n) is 18.4. The number of carbonyl (C=O) groups is 2. The lowest BCUT2D eigenvalue weighted by Crippen LogP contribution is -2.50. The third-order valence-electron chi connectivity index (χ3n) is 12.4. The Hall–Kier alpha value is -4.66. The van der Waals surface area contributed by atoms with Gasteiger partial charge >= 0.3 is 11.9 Å². The first-order chi connectivity index (χ1) is 29.4. The summed E-state index contributed by atoms with van der Waals surface area (Å²) in [5.74, 6) is 0.381. The molecular weight excluding hydrogens is 803 g/mol. The molecule has 0 N–H and O–H groups in total. The Morgan fingerprint density at radius 2 is 0.823 bits per heavy atom. The predicted molar refractivity (Wildman–Crippen MR) is 261 cm³/mol. The molecule has 0 radical (unpaired) electrons. The van der Waals surface area contributed by atoms with Gasteiger partial charge in [-0.05, 0) is 86.2 Å². The molecule has 2 unspecified atom stereocenters. The van der Waals surface area contributed by atoms with Crippen molar-refractivity contribution in [3.05, 3.63) is 143 Å². The molecule has 0 bridgehead atoms. The monoisotopic (exact) mass is 878 g/mol. The van der Waals surface area contributed by atoms with Crippen molar-refractivity contribution in [3.63, 3.8) is 0 Å². The van der Waals surface area contributed by atoms with Crippen LogP contribution in [0.25, 0.3) is 4.85 Å². The van der Waals surface area contributed by atoms with Gasteiger partial charge in [-0.15, -0.1) is 0 Å². The molecule has 4 aromatic rings. The van der Waals surface area contributed by atoms with Crippen molar-refractivity contribution in [1.82, 2.24) is 0 Å². The molecule has 0 amide bonds. The van der Waals surface area contributed by atoms with E-state index in [-0.39, 0.29) is 31.0 Å². The van der Waals surface area contributed by atoms with Crippen LogP contribution in [0.15, 0.2) is 109 Å². The van der Waals surface area contributed by atoms with Gasteiger partial charge in [0.05, 0.1) is 5.92 Å². The van der Waals surface area contributed by atoms with E-state index in [1.807, 2.05) is 109 Å². The smallest absolute Gasteiger partial charge is 0.321 e. The van der Waals surface area contributed by atoms with Crippen molar-refractivity contribution in [3.8, 4) is 11.5 Å². The molecule has 0 heterocycles. The second-order valence-corrected chi connectivity index (χ2v) is 29.1. The number of ether oxygens (including phenoxy) is 2. The minimum absolute atomic E-state index is 0.0660. The highest BCUT2D eigenvalue weighted by Crippen LogP contribution is 2.44. The van der Waals surface area contributed by atoms with Gasteiger partial charge in [0, 0.05) is 0 Å². The van der Waals surface area contributed by atoms with Crippen molar-refractivity contribution in [2.75, 3.05) is 6.54 Å². The highest BCUT2D eigenvalue weighted by Gasteiger charge is 2.48. The molecule has 62 heavy (non-hydrogen) atoms. The van der Waals surface area contributed by atoms with E-state index in [0.29, 0.717) is 39.9 Å². The SMILES string of the molecule is CCCC(C(=O)OCc1ccccc1)c1ccc(O[Si](C(C)C)(C(C)C)C(C)C)cc1.[C-]#[N+]CC(C(=O)OCc1ccccc1)c1ccc(O[Si](C(C)C)(C(C)C)C(C)C)cc1. The first-order valence-corrected chi connectivity index (χ1v) is 27.0. The molecule has 336 valence electrons. The van der Waals surface area contributed by atoms with Crippen LogP contribution in [0.2, 0.25) is 33.2 Å². The highest BCUT2D eigenvalue weighted by atomic mass is 28.4. The van der Waals surface area contributed by atoms with Gasteiger partial charge in [-0.3, -0.25) is 9.59 Å².